The van der Waals surface area contributed by atoms with Crippen LogP contribution in [0.3, 0.4) is 0 Å². The Morgan fingerprint density at radius 3 is 2.14 bits per heavy atom. The molecule has 1 aromatic rings. The van der Waals surface area contributed by atoms with Gasteiger partial charge in [-0.15, -0.1) is 0 Å². The first-order chi connectivity index (χ1) is 10.3. The van der Waals surface area contributed by atoms with Crippen LogP contribution in [0.1, 0.15) is 31.7 Å². The van der Waals surface area contributed by atoms with Crippen LogP contribution in [0.4, 0.5) is 5.69 Å². The number of amides is 2. The number of hydrogen-bond acceptors (Lipinski definition) is 4. The zero-order valence-electron chi connectivity index (χ0n) is 13.4. The van der Waals surface area contributed by atoms with E-state index in [-0.39, 0.29) is 0 Å². The average molecular weight is 308 g/mol. The van der Waals surface area contributed by atoms with Crippen LogP contribution in [0, 0.1) is 0 Å². The van der Waals surface area contributed by atoms with Crippen molar-refractivity contribution in [1.82, 2.24) is 4.90 Å². The van der Waals surface area contributed by atoms with E-state index in [4.69, 9.17) is 0 Å². The quantitative estimate of drug-likeness (QED) is 0.730. The normalized spacial score (nSPS) is 14.8. The first-order valence-electron chi connectivity index (χ1n) is 7.26. The van der Waals surface area contributed by atoms with E-state index in [1.165, 1.54) is 14.1 Å². The van der Waals surface area contributed by atoms with Crippen molar-refractivity contribution in [2.45, 2.75) is 38.4 Å². The Hall–Kier alpha value is -1.92. The third-order valence-corrected chi connectivity index (χ3v) is 3.62. The van der Waals surface area contributed by atoms with Crippen LogP contribution >= 0.6 is 0 Å². The second-order valence-corrected chi connectivity index (χ2v) is 5.54. The van der Waals surface area contributed by atoms with Crippen LogP contribution in [0.5, 0.6) is 0 Å². The number of carbonyl (C=O) groups excluding carboxylic acids is 2. The van der Waals surface area contributed by atoms with Gasteiger partial charge < -0.3 is 20.4 Å². The van der Waals surface area contributed by atoms with E-state index in [1.54, 1.807) is 12.1 Å². The summed E-state index contributed by atoms with van der Waals surface area (Å²) in [5.74, 6) is -1.12. The van der Waals surface area contributed by atoms with Crippen molar-refractivity contribution in [1.29, 1.82) is 0 Å². The number of benzene rings is 1. The molecule has 1 aromatic carbocycles. The summed E-state index contributed by atoms with van der Waals surface area (Å²) < 4.78 is 0. The largest absolute Gasteiger partial charge is 0.380 e. The number of likely N-dealkylation sites (N-methyl/N-ethyl adjacent to an activating group) is 1. The molecule has 6 heteroatoms. The van der Waals surface area contributed by atoms with Crippen molar-refractivity contribution in [2.24, 2.45) is 0 Å². The van der Waals surface area contributed by atoms with E-state index in [0.717, 1.165) is 16.9 Å². The number of nitrogens with zero attached hydrogens (tertiary/aromatic N) is 1. The smallest absolute Gasteiger partial charge is 0.256 e. The van der Waals surface area contributed by atoms with Gasteiger partial charge in [0.2, 0.25) is 0 Å². The molecule has 0 saturated heterocycles. The standard InChI is InChI=1S/C16H24N2O4/c1-5-10(2)11-6-8-12(9-7-11)17-15(21)13(19)14(20)16(22)18(3)4/h6-10,13-14,19-20H,5H2,1-4H3,(H,17,21). The highest BCUT2D eigenvalue weighted by atomic mass is 16.3. The molecule has 0 saturated carbocycles. The molecule has 22 heavy (non-hydrogen) atoms. The third-order valence-electron chi connectivity index (χ3n) is 3.62. The third kappa shape index (κ3) is 4.54. The maximum Gasteiger partial charge on any atom is 0.256 e. The van der Waals surface area contributed by atoms with Gasteiger partial charge in [0, 0.05) is 19.8 Å². The molecule has 0 radical (unpaired) electrons. The highest BCUT2D eigenvalue weighted by Gasteiger charge is 2.31. The molecule has 0 spiro atoms. The molecule has 3 atom stereocenters. The number of nitrogens with one attached hydrogen (secondary N) is 1. The second kappa shape index (κ2) is 7.91. The molecule has 0 bridgehead atoms. The first kappa shape index (κ1) is 18.1. The van der Waals surface area contributed by atoms with Crippen LogP contribution in [-0.4, -0.2) is 53.2 Å². The van der Waals surface area contributed by atoms with E-state index in [2.05, 4.69) is 19.2 Å². The highest BCUT2D eigenvalue weighted by Crippen LogP contribution is 2.20. The molecular weight excluding hydrogens is 284 g/mol. The molecule has 0 aliphatic carbocycles. The summed E-state index contributed by atoms with van der Waals surface area (Å²) in [6, 6.07) is 7.26. The minimum Gasteiger partial charge on any atom is -0.380 e. The van der Waals surface area contributed by atoms with E-state index < -0.39 is 24.0 Å². The fourth-order valence-electron chi connectivity index (χ4n) is 1.89. The number of hydrogen-bond donors (Lipinski definition) is 3. The lowest BCUT2D eigenvalue weighted by Crippen LogP contribution is -2.47. The Morgan fingerprint density at radius 1 is 1.14 bits per heavy atom. The van der Waals surface area contributed by atoms with Gasteiger partial charge in [-0.1, -0.05) is 26.0 Å². The maximum absolute atomic E-state index is 11.9. The van der Waals surface area contributed by atoms with Gasteiger partial charge in [-0.05, 0) is 30.0 Å². The molecular formula is C16H24N2O4. The molecule has 6 nitrogen and oxygen atoms in total. The molecule has 0 fully saturated rings. The monoisotopic (exact) mass is 308 g/mol. The van der Waals surface area contributed by atoms with Gasteiger partial charge in [0.05, 0.1) is 0 Å². The van der Waals surface area contributed by atoms with Gasteiger partial charge >= 0.3 is 0 Å². The summed E-state index contributed by atoms with van der Waals surface area (Å²) in [7, 11) is 2.87. The Morgan fingerprint density at radius 2 is 1.68 bits per heavy atom. The predicted octanol–water partition coefficient (Wildman–Crippen LogP) is 0.949. The molecule has 3 unspecified atom stereocenters. The van der Waals surface area contributed by atoms with Crippen LogP contribution in [-0.2, 0) is 9.59 Å². The van der Waals surface area contributed by atoms with E-state index >= 15 is 0 Å². The van der Waals surface area contributed by atoms with Crippen LogP contribution in [0.2, 0.25) is 0 Å². The topological polar surface area (TPSA) is 89.9 Å². The van der Waals surface area contributed by atoms with Gasteiger partial charge in [0.15, 0.2) is 12.2 Å². The minimum atomic E-state index is -1.82. The van der Waals surface area contributed by atoms with Crippen molar-refractivity contribution in [3.8, 4) is 0 Å². The zero-order chi connectivity index (χ0) is 16.9. The Labute approximate surface area is 130 Å². The number of carbonyl (C=O) groups is 2. The van der Waals surface area contributed by atoms with E-state index in [0.29, 0.717) is 11.6 Å². The number of aliphatic hydroxyl groups is 2. The Bertz CT molecular complexity index is 513. The fraction of sp³-hybridized carbons (Fsp3) is 0.500. The van der Waals surface area contributed by atoms with E-state index in [9.17, 15) is 19.8 Å². The van der Waals surface area contributed by atoms with E-state index in [1.807, 2.05) is 12.1 Å². The molecule has 2 amide bonds. The predicted molar refractivity (Wildman–Crippen MR) is 84.5 cm³/mol. The Kier molecular flexibility index (Phi) is 6.52. The van der Waals surface area contributed by atoms with Gasteiger partial charge in [-0.3, -0.25) is 9.59 Å². The molecule has 122 valence electrons. The van der Waals surface area contributed by atoms with Crippen molar-refractivity contribution in [3.05, 3.63) is 29.8 Å². The molecule has 0 heterocycles. The number of anilines is 1. The summed E-state index contributed by atoms with van der Waals surface area (Å²) >= 11 is 0. The summed E-state index contributed by atoms with van der Waals surface area (Å²) in [5, 5.41) is 21.9. The van der Waals surface area contributed by atoms with Crippen LogP contribution in [0.25, 0.3) is 0 Å². The van der Waals surface area contributed by atoms with Crippen molar-refractivity contribution < 1.29 is 19.8 Å². The van der Waals surface area contributed by atoms with Crippen molar-refractivity contribution in [3.63, 3.8) is 0 Å². The lowest BCUT2D eigenvalue weighted by molar-refractivity contribution is -0.149. The lowest BCUT2D eigenvalue weighted by atomic mass is 9.98. The summed E-state index contributed by atoms with van der Waals surface area (Å²) in [4.78, 5) is 24.5. The molecule has 3 N–H and O–H groups in total. The highest BCUT2D eigenvalue weighted by molar-refractivity contribution is 5.98. The van der Waals surface area contributed by atoms with Crippen molar-refractivity contribution in [2.75, 3.05) is 19.4 Å². The summed E-state index contributed by atoms with van der Waals surface area (Å²) in [6.07, 6.45) is -2.58. The summed E-state index contributed by atoms with van der Waals surface area (Å²) in [6.45, 7) is 4.21. The average Bonchev–Trinajstić information content (AvgIpc) is 2.52. The maximum atomic E-state index is 11.9. The fourth-order valence-corrected chi connectivity index (χ4v) is 1.89. The van der Waals surface area contributed by atoms with Gasteiger partial charge in [-0.2, -0.15) is 0 Å². The Balaban J connectivity index is 2.70. The van der Waals surface area contributed by atoms with Gasteiger partial charge in [0.1, 0.15) is 0 Å². The SMILES string of the molecule is CCC(C)c1ccc(NC(=O)C(O)C(O)C(=O)N(C)C)cc1. The molecule has 0 aliphatic heterocycles. The summed E-state index contributed by atoms with van der Waals surface area (Å²) in [5.41, 5.74) is 1.66. The first-order valence-corrected chi connectivity index (χ1v) is 7.26. The lowest BCUT2D eigenvalue weighted by Gasteiger charge is -2.20. The van der Waals surface area contributed by atoms with Crippen LogP contribution < -0.4 is 5.32 Å². The minimum absolute atomic E-state index is 0.426. The van der Waals surface area contributed by atoms with Gasteiger partial charge in [0.25, 0.3) is 11.8 Å². The molecule has 0 aromatic heterocycles. The molecule has 0 aliphatic rings. The number of rotatable bonds is 6. The molecule has 1 rings (SSSR count). The van der Waals surface area contributed by atoms with Crippen molar-refractivity contribution >= 4 is 17.5 Å². The zero-order valence-corrected chi connectivity index (χ0v) is 13.4. The van der Waals surface area contributed by atoms with Crippen LogP contribution in [0.15, 0.2) is 24.3 Å². The van der Waals surface area contributed by atoms with Gasteiger partial charge in [-0.25, -0.2) is 0 Å². The number of aliphatic hydroxyl groups excluding tert-OH is 2. The second-order valence-electron chi connectivity index (χ2n) is 5.54.